The topological polar surface area (TPSA) is 87.0 Å². The summed E-state index contributed by atoms with van der Waals surface area (Å²) in [6.07, 6.45) is 2.71. The number of hydrogen-bond donors (Lipinski definition) is 1. The molecule has 1 amide bonds. The minimum Gasteiger partial charge on any atom is -0.488 e. The van der Waals surface area contributed by atoms with Crippen LogP contribution >= 0.6 is 0 Å². The number of ether oxygens (including phenoxy) is 1. The number of nitrogens with one attached hydrogen (secondary N) is 1. The lowest BCUT2D eigenvalue weighted by Gasteiger charge is -2.42. The van der Waals surface area contributed by atoms with E-state index in [9.17, 15) is 4.79 Å². The van der Waals surface area contributed by atoms with Crippen LogP contribution in [-0.4, -0.2) is 64.9 Å². The van der Waals surface area contributed by atoms with E-state index in [1.54, 1.807) is 6.92 Å². The zero-order valence-electron chi connectivity index (χ0n) is 20.3. The molecule has 3 aliphatic rings. The average molecular weight is 475 g/mol. The standard InChI is InChI=1S/C26H30N6O3/c1-16-23(17(2)35-29-16)19-8-9-21-24-25(19)34-15-22(20-7-4-5-10-27-20)32(24)26(28-21)31-12-6-11-30(13-14-31)18(3)33/h4-5,7-10,22,26,28H,6,11-15H2,1-3H3/t22-,26?/m1/s1. The highest BCUT2D eigenvalue weighted by Gasteiger charge is 2.45. The maximum Gasteiger partial charge on any atom is 0.219 e. The van der Waals surface area contributed by atoms with Crippen molar-refractivity contribution in [1.29, 1.82) is 0 Å². The molecule has 182 valence electrons. The van der Waals surface area contributed by atoms with Gasteiger partial charge in [0.25, 0.3) is 0 Å². The molecule has 1 saturated heterocycles. The summed E-state index contributed by atoms with van der Waals surface area (Å²) >= 11 is 0. The highest BCUT2D eigenvalue weighted by molar-refractivity contribution is 5.91. The fourth-order valence-electron chi connectivity index (χ4n) is 5.62. The van der Waals surface area contributed by atoms with Crippen LogP contribution in [-0.2, 0) is 4.79 Å². The van der Waals surface area contributed by atoms with Crippen LogP contribution in [0.2, 0.25) is 0 Å². The molecule has 1 N–H and O–H groups in total. The first-order valence-electron chi connectivity index (χ1n) is 12.2. The van der Waals surface area contributed by atoms with Crippen LogP contribution in [0.4, 0.5) is 11.4 Å². The summed E-state index contributed by atoms with van der Waals surface area (Å²) < 4.78 is 12.0. The predicted octanol–water partition coefficient (Wildman–Crippen LogP) is 3.56. The fourth-order valence-corrected chi connectivity index (χ4v) is 5.62. The number of nitrogens with zero attached hydrogens (tertiary/aromatic N) is 5. The number of pyridine rings is 1. The first kappa shape index (κ1) is 21.9. The molecule has 3 aliphatic heterocycles. The molecule has 3 aromatic rings. The average Bonchev–Trinajstić information content (AvgIpc) is 3.30. The molecule has 0 saturated carbocycles. The van der Waals surface area contributed by atoms with Crippen molar-refractivity contribution in [2.75, 3.05) is 43.0 Å². The first-order valence-corrected chi connectivity index (χ1v) is 12.2. The Morgan fingerprint density at radius 3 is 2.74 bits per heavy atom. The van der Waals surface area contributed by atoms with Crippen molar-refractivity contribution < 1.29 is 14.1 Å². The number of anilines is 2. The molecule has 0 spiro atoms. The third-order valence-corrected chi connectivity index (χ3v) is 7.31. The van der Waals surface area contributed by atoms with E-state index in [0.717, 1.165) is 78.0 Å². The molecule has 1 fully saturated rings. The number of aromatic nitrogens is 2. The van der Waals surface area contributed by atoms with Gasteiger partial charge in [-0.05, 0) is 44.5 Å². The molecule has 0 radical (unpaired) electrons. The van der Waals surface area contributed by atoms with Gasteiger partial charge in [0.1, 0.15) is 24.1 Å². The van der Waals surface area contributed by atoms with Gasteiger partial charge in [0, 0.05) is 44.9 Å². The minimum atomic E-state index is -0.0634. The highest BCUT2D eigenvalue weighted by Crippen LogP contribution is 2.54. The Hall–Kier alpha value is -3.59. The van der Waals surface area contributed by atoms with Gasteiger partial charge < -0.3 is 24.4 Å². The van der Waals surface area contributed by atoms with E-state index >= 15 is 0 Å². The quantitative estimate of drug-likeness (QED) is 0.617. The van der Waals surface area contributed by atoms with Crippen molar-refractivity contribution in [3.63, 3.8) is 0 Å². The molecule has 1 aromatic carbocycles. The molecule has 1 unspecified atom stereocenters. The Kier molecular flexibility index (Phi) is 5.36. The maximum atomic E-state index is 12.0. The number of rotatable bonds is 3. The number of hydrogen-bond acceptors (Lipinski definition) is 8. The van der Waals surface area contributed by atoms with Crippen LogP contribution in [0, 0.1) is 13.8 Å². The van der Waals surface area contributed by atoms with Crippen molar-refractivity contribution in [3.05, 3.63) is 53.7 Å². The third-order valence-electron chi connectivity index (χ3n) is 7.31. The molecule has 35 heavy (non-hydrogen) atoms. The van der Waals surface area contributed by atoms with Crippen LogP contribution in [0.5, 0.6) is 5.75 Å². The van der Waals surface area contributed by atoms with Gasteiger partial charge in [0.15, 0.2) is 12.0 Å². The van der Waals surface area contributed by atoms with Crippen molar-refractivity contribution in [2.24, 2.45) is 0 Å². The number of carbonyl (C=O) groups excluding carboxylic acids is 1. The van der Waals surface area contributed by atoms with Gasteiger partial charge in [0.05, 0.1) is 22.6 Å². The Balaban J connectivity index is 1.44. The molecule has 9 heteroatoms. The van der Waals surface area contributed by atoms with Gasteiger partial charge in [-0.3, -0.25) is 14.7 Å². The van der Waals surface area contributed by atoms with E-state index in [2.05, 4.69) is 43.5 Å². The second kappa shape index (κ2) is 8.57. The SMILES string of the molecule is CC(=O)N1CCCN(C2Nc3ccc(-c4c(C)noc4C)c4c3N2[C@@H](c2ccccn2)CO4)CC1. The summed E-state index contributed by atoms with van der Waals surface area (Å²) in [5.41, 5.74) is 5.87. The smallest absolute Gasteiger partial charge is 0.219 e. The molecule has 0 bridgehead atoms. The molecule has 2 atom stereocenters. The number of aryl methyl sites for hydroxylation is 2. The summed E-state index contributed by atoms with van der Waals surface area (Å²) in [5.74, 6) is 1.76. The summed E-state index contributed by atoms with van der Waals surface area (Å²) in [5, 5.41) is 7.93. The minimum absolute atomic E-state index is 0.0467. The van der Waals surface area contributed by atoms with Crippen LogP contribution in [0.3, 0.4) is 0 Å². The molecule has 6 rings (SSSR count). The van der Waals surface area contributed by atoms with Gasteiger partial charge in [-0.15, -0.1) is 0 Å². The van der Waals surface area contributed by atoms with Crippen molar-refractivity contribution in [2.45, 2.75) is 39.5 Å². The van der Waals surface area contributed by atoms with E-state index in [4.69, 9.17) is 9.26 Å². The molecule has 2 aromatic heterocycles. The maximum absolute atomic E-state index is 12.0. The number of amides is 1. The normalized spacial score (nSPS) is 21.8. The lowest BCUT2D eigenvalue weighted by Crippen LogP contribution is -2.54. The van der Waals surface area contributed by atoms with E-state index in [1.165, 1.54) is 0 Å². The van der Waals surface area contributed by atoms with Crippen molar-refractivity contribution in [1.82, 2.24) is 19.9 Å². The third kappa shape index (κ3) is 3.61. The first-order chi connectivity index (χ1) is 17.0. The van der Waals surface area contributed by atoms with E-state index in [0.29, 0.717) is 6.61 Å². The Morgan fingerprint density at radius 2 is 2.00 bits per heavy atom. The largest absolute Gasteiger partial charge is 0.488 e. The Labute approximate surface area is 204 Å². The molecule has 5 heterocycles. The fraction of sp³-hybridized carbons (Fsp3) is 0.423. The van der Waals surface area contributed by atoms with Gasteiger partial charge in [0.2, 0.25) is 5.91 Å². The Bertz CT molecular complexity index is 1240. The zero-order chi connectivity index (χ0) is 24.1. The van der Waals surface area contributed by atoms with Gasteiger partial charge in [-0.2, -0.15) is 0 Å². The monoisotopic (exact) mass is 474 g/mol. The molecular formula is C26H30N6O3. The number of benzene rings is 1. The summed E-state index contributed by atoms with van der Waals surface area (Å²) in [7, 11) is 0. The van der Waals surface area contributed by atoms with Crippen LogP contribution in [0.25, 0.3) is 11.1 Å². The molecule has 9 nitrogen and oxygen atoms in total. The van der Waals surface area contributed by atoms with E-state index in [-0.39, 0.29) is 18.2 Å². The number of carbonyl (C=O) groups is 1. The molecule has 0 aliphatic carbocycles. The van der Waals surface area contributed by atoms with Gasteiger partial charge >= 0.3 is 0 Å². The Morgan fingerprint density at radius 1 is 1.11 bits per heavy atom. The lowest BCUT2D eigenvalue weighted by molar-refractivity contribution is -0.128. The lowest BCUT2D eigenvalue weighted by atomic mass is 9.99. The van der Waals surface area contributed by atoms with Crippen molar-refractivity contribution >= 4 is 17.3 Å². The second-order valence-electron chi connectivity index (χ2n) is 9.44. The van der Waals surface area contributed by atoms with E-state index in [1.807, 2.05) is 37.1 Å². The van der Waals surface area contributed by atoms with Gasteiger partial charge in [-0.1, -0.05) is 11.2 Å². The second-order valence-corrected chi connectivity index (χ2v) is 9.44. The van der Waals surface area contributed by atoms with Crippen molar-refractivity contribution in [3.8, 4) is 16.9 Å². The van der Waals surface area contributed by atoms with Gasteiger partial charge in [-0.25, -0.2) is 0 Å². The predicted molar refractivity (Wildman–Crippen MR) is 132 cm³/mol. The summed E-state index contributed by atoms with van der Waals surface area (Å²) in [6, 6.07) is 10.2. The van der Waals surface area contributed by atoms with Crippen LogP contribution in [0.15, 0.2) is 41.1 Å². The highest BCUT2D eigenvalue weighted by atomic mass is 16.5. The van der Waals surface area contributed by atoms with Crippen LogP contribution < -0.4 is 15.0 Å². The van der Waals surface area contributed by atoms with Crippen LogP contribution in [0.1, 0.15) is 36.5 Å². The molecular weight excluding hydrogens is 444 g/mol. The summed E-state index contributed by atoms with van der Waals surface area (Å²) in [6.45, 7) is 9.24. The summed E-state index contributed by atoms with van der Waals surface area (Å²) in [4.78, 5) is 23.5. The zero-order valence-corrected chi connectivity index (χ0v) is 20.3. The van der Waals surface area contributed by atoms with E-state index < -0.39 is 0 Å².